The molecule has 0 spiro atoms. The van der Waals surface area contributed by atoms with Crippen molar-refractivity contribution in [1.29, 1.82) is 0 Å². The number of hydrogen-bond donors (Lipinski definition) is 2. The molecule has 0 fully saturated rings. The summed E-state index contributed by atoms with van der Waals surface area (Å²) in [5.74, 6) is -0.116. The molecular weight excluding hydrogens is 208 g/mol. The minimum Gasteiger partial charge on any atom is -0.384 e. The predicted octanol–water partition coefficient (Wildman–Crippen LogP) is 0.203. The summed E-state index contributed by atoms with van der Waals surface area (Å²) in [7, 11) is 0. The highest BCUT2D eigenvalue weighted by Gasteiger charge is 2.23. The standard InChI is InChI=1S/C10H18N4O2/c1-5-11-9(15)7(2)14-6-8(12-13-14)10(3,4)16/h6-7,16H,5H2,1-4H3,(H,11,15). The number of likely N-dealkylation sites (N-methyl/N-ethyl adjacent to an activating group) is 1. The quantitative estimate of drug-likeness (QED) is 0.768. The van der Waals surface area contributed by atoms with Gasteiger partial charge in [0, 0.05) is 6.54 Å². The number of rotatable bonds is 4. The molecule has 2 N–H and O–H groups in total. The van der Waals surface area contributed by atoms with Crippen molar-refractivity contribution in [3.05, 3.63) is 11.9 Å². The van der Waals surface area contributed by atoms with Crippen molar-refractivity contribution >= 4 is 5.91 Å². The third kappa shape index (κ3) is 2.79. The van der Waals surface area contributed by atoms with E-state index < -0.39 is 11.6 Å². The van der Waals surface area contributed by atoms with E-state index in [9.17, 15) is 9.90 Å². The normalized spacial score (nSPS) is 13.6. The van der Waals surface area contributed by atoms with Crippen molar-refractivity contribution in [2.75, 3.05) is 6.54 Å². The van der Waals surface area contributed by atoms with E-state index in [1.165, 1.54) is 4.68 Å². The van der Waals surface area contributed by atoms with Crippen molar-refractivity contribution in [1.82, 2.24) is 20.3 Å². The second kappa shape index (κ2) is 4.61. The minimum atomic E-state index is -1.04. The van der Waals surface area contributed by atoms with Crippen LogP contribution in [0.25, 0.3) is 0 Å². The first-order valence-electron chi connectivity index (χ1n) is 5.28. The molecule has 1 rings (SSSR count). The summed E-state index contributed by atoms with van der Waals surface area (Å²) in [6.07, 6.45) is 1.58. The van der Waals surface area contributed by atoms with Crippen LogP contribution >= 0.6 is 0 Å². The maximum Gasteiger partial charge on any atom is 0.244 e. The number of aliphatic hydroxyl groups is 1. The largest absolute Gasteiger partial charge is 0.384 e. The van der Waals surface area contributed by atoms with Crippen molar-refractivity contribution < 1.29 is 9.90 Å². The van der Waals surface area contributed by atoms with Gasteiger partial charge >= 0.3 is 0 Å². The molecule has 0 bridgehead atoms. The van der Waals surface area contributed by atoms with Crippen LogP contribution in [0.5, 0.6) is 0 Å². The molecule has 0 aromatic carbocycles. The van der Waals surface area contributed by atoms with Gasteiger partial charge in [0.15, 0.2) is 0 Å². The molecule has 1 heterocycles. The molecule has 0 aliphatic rings. The van der Waals surface area contributed by atoms with Crippen LogP contribution in [0.15, 0.2) is 6.20 Å². The van der Waals surface area contributed by atoms with E-state index >= 15 is 0 Å². The third-order valence-electron chi connectivity index (χ3n) is 2.26. The molecule has 0 radical (unpaired) electrons. The zero-order valence-corrected chi connectivity index (χ0v) is 10.1. The molecule has 0 aliphatic carbocycles. The summed E-state index contributed by atoms with van der Waals surface area (Å²) in [5.41, 5.74) is -0.595. The molecule has 1 amide bonds. The highest BCUT2D eigenvalue weighted by Crippen LogP contribution is 2.17. The van der Waals surface area contributed by atoms with Gasteiger partial charge in [-0.15, -0.1) is 5.10 Å². The number of nitrogens with zero attached hydrogens (tertiary/aromatic N) is 3. The average molecular weight is 226 g/mol. The Morgan fingerprint density at radius 3 is 2.75 bits per heavy atom. The Balaban J connectivity index is 2.82. The van der Waals surface area contributed by atoms with Gasteiger partial charge in [-0.25, -0.2) is 4.68 Å². The Bertz CT molecular complexity index is 367. The van der Waals surface area contributed by atoms with Gasteiger partial charge in [-0.05, 0) is 27.7 Å². The van der Waals surface area contributed by atoms with E-state index in [0.29, 0.717) is 12.2 Å². The van der Waals surface area contributed by atoms with Crippen LogP contribution in [0, 0.1) is 0 Å². The molecule has 0 aliphatic heterocycles. The SMILES string of the molecule is CCNC(=O)C(C)n1cc(C(C)(C)O)nn1. The average Bonchev–Trinajstić information content (AvgIpc) is 2.65. The summed E-state index contributed by atoms with van der Waals surface area (Å²) < 4.78 is 1.44. The van der Waals surface area contributed by atoms with Crippen LogP contribution in [0.2, 0.25) is 0 Å². The summed E-state index contributed by atoms with van der Waals surface area (Å²) >= 11 is 0. The van der Waals surface area contributed by atoms with Crippen LogP contribution in [0.4, 0.5) is 0 Å². The maximum atomic E-state index is 11.5. The van der Waals surface area contributed by atoms with Gasteiger partial charge in [-0.3, -0.25) is 4.79 Å². The lowest BCUT2D eigenvalue weighted by atomic mass is 10.1. The van der Waals surface area contributed by atoms with E-state index in [1.807, 2.05) is 6.92 Å². The van der Waals surface area contributed by atoms with E-state index in [4.69, 9.17) is 0 Å². The second-order valence-corrected chi connectivity index (χ2v) is 4.21. The summed E-state index contributed by atoms with van der Waals surface area (Å²) in [5, 5.41) is 20.1. The molecule has 90 valence electrons. The molecule has 1 aromatic rings. The van der Waals surface area contributed by atoms with Crippen molar-refractivity contribution in [2.45, 2.75) is 39.3 Å². The number of aromatic nitrogens is 3. The fourth-order valence-corrected chi connectivity index (χ4v) is 1.19. The van der Waals surface area contributed by atoms with Gasteiger partial charge in [0.05, 0.1) is 6.20 Å². The Morgan fingerprint density at radius 1 is 1.69 bits per heavy atom. The lowest BCUT2D eigenvalue weighted by molar-refractivity contribution is -0.124. The zero-order chi connectivity index (χ0) is 12.3. The molecule has 0 saturated heterocycles. The van der Waals surface area contributed by atoms with Crippen LogP contribution in [0.3, 0.4) is 0 Å². The molecule has 1 aromatic heterocycles. The number of hydrogen-bond acceptors (Lipinski definition) is 4. The Morgan fingerprint density at radius 2 is 2.31 bits per heavy atom. The van der Waals surface area contributed by atoms with E-state index in [2.05, 4.69) is 15.6 Å². The fraction of sp³-hybridized carbons (Fsp3) is 0.700. The molecule has 6 nitrogen and oxygen atoms in total. The zero-order valence-electron chi connectivity index (χ0n) is 10.1. The number of nitrogens with one attached hydrogen (secondary N) is 1. The molecular formula is C10H18N4O2. The minimum absolute atomic E-state index is 0.116. The number of carbonyl (C=O) groups excluding carboxylic acids is 1. The van der Waals surface area contributed by atoms with Gasteiger partial charge in [-0.1, -0.05) is 5.21 Å². The Hall–Kier alpha value is -1.43. The summed E-state index contributed by atoms with van der Waals surface area (Å²) in [4.78, 5) is 11.5. The first-order chi connectivity index (χ1) is 7.36. The summed E-state index contributed by atoms with van der Waals surface area (Å²) in [6.45, 7) is 7.41. The van der Waals surface area contributed by atoms with Crippen LogP contribution < -0.4 is 5.32 Å². The predicted molar refractivity (Wildman–Crippen MR) is 58.7 cm³/mol. The van der Waals surface area contributed by atoms with Gasteiger partial charge in [0.2, 0.25) is 5.91 Å². The third-order valence-corrected chi connectivity index (χ3v) is 2.26. The highest BCUT2D eigenvalue weighted by atomic mass is 16.3. The maximum absolute atomic E-state index is 11.5. The Kier molecular flexibility index (Phi) is 3.64. The molecule has 1 atom stereocenters. The molecule has 0 saturated carbocycles. The van der Waals surface area contributed by atoms with E-state index in [0.717, 1.165) is 0 Å². The van der Waals surface area contributed by atoms with Crippen LogP contribution in [0.1, 0.15) is 39.4 Å². The van der Waals surface area contributed by atoms with Crippen molar-refractivity contribution in [3.63, 3.8) is 0 Å². The topological polar surface area (TPSA) is 80.0 Å². The molecule has 1 unspecified atom stereocenters. The smallest absolute Gasteiger partial charge is 0.244 e. The lowest BCUT2D eigenvalue weighted by Gasteiger charge is -2.13. The number of carbonyl (C=O) groups is 1. The van der Waals surface area contributed by atoms with Crippen LogP contribution in [-0.4, -0.2) is 32.6 Å². The molecule has 6 heteroatoms. The van der Waals surface area contributed by atoms with Crippen molar-refractivity contribution in [2.24, 2.45) is 0 Å². The van der Waals surface area contributed by atoms with Gasteiger partial charge in [0.25, 0.3) is 0 Å². The number of amides is 1. The second-order valence-electron chi connectivity index (χ2n) is 4.21. The fourth-order valence-electron chi connectivity index (χ4n) is 1.19. The van der Waals surface area contributed by atoms with Crippen LogP contribution in [-0.2, 0) is 10.4 Å². The van der Waals surface area contributed by atoms with Gasteiger partial charge in [-0.2, -0.15) is 0 Å². The van der Waals surface area contributed by atoms with E-state index in [-0.39, 0.29) is 5.91 Å². The Labute approximate surface area is 94.7 Å². The van der Waals surface area contributed by atoms with Gasteiger partial charge in [0.1, 0.15) is 17.3 Å². The van der Waals surface area contributed by atoms with Crippen molar-refractivity contribution in [3.8, 4) is 0 Å². The monoisotopic (exact) mass is 226 g/mol. The van der Waals surface area contributed by atoms with Gasteiger partial charge < -0.3 is 10.4 Å². The highest BCUT2D eigenvalue weighted by molar-refractivity contribution is 5.79. The summed E-state index contributed by atoms with van der Waals surface area (Å²) in [6, 6.07) is -0.427. The first-order valence-corrected chi connectivity index (χ1v) is 5.28. The first kappa shape index (κ1) is 12.6. The van der Waals surface area contributed by atoms with E-state index in [1.54, 1.807) is 27.0 Å². The molecule has 16 heavy (non-hydrogen) atoms. The lowest BCUT2D eigenvalue weighted by Crippen LogP contribution is -2.31.